The summed E-state index contributed by atoms with van der Waals surface area (Å²) in [5.74, 6) is 1.96. The predicted molar refractivity (Wildman–Crippen MR) is 128 cm³/mol. The summed E-state index contributed by atoms with van der Waals surface area (Å²) >= 11 is 0. The average molecular weight is 443 g/mol. The molecule has 2 fully saturated rings. The number of imidazole rings is 1. The molecule has 2 aromatic carbocycles. The summed E-state index contributed by atoms with van der Waals surface area (Å²) in [6.07, 6.45) is 5.61. The molecule has 1 saturated heterocycles. The number of H-pyrrole nitrogens is 1. The molecule has 0 radical (unpaired) electrons. The summed E-state index contributed by atoms with van der Waals surface area (Å²) in [4.78, 5) is 30.4. The lowest BCUT2D eigenvalue weighted by Gasteiger charge is -2.21. The van der Waals surface area contributed by atoms with Crippen molar-refractivity contribution in [2.75, 3.05) is 23.8 Å². The molecular formula is C25H26N6O2. The van der Waals surface area contributed by atoms with Crippen molar-refractivity contribution < 1.29 is 9.53 Å². The molecule has 6 rings (SSSR count). The first-order chi connectivity index (χ1) is 16.1. The van der Waals surface area contributed by atoms with Gasteiger partial charge in [0.2, 0.25) is 11.9 Å². The van der Waals surface area contributed by atoms with Crippen molar-refractivity contribution >= 4 is 45.2 Å². The molecule has 0 atom stereocenters. The lowest BCUT2D eigenvalue weighted by atomic mass is 9.99. The Balaban J connectivity index is 1.35. The minimum absolute atomic E-state index is 0.0188. The Hall–Kier alpha value is -3.52. The molecule has 0 unspecified atom stereocenters. The van der Waals surface area contributed by atoms with Gasteiger partial charge >= 0.3 is 0 Å². The van der Waals surface area contributed by atoms with Crippen LogP contribution in [0.3, 0.4) is 0 Å². The number of hydrogen-bond acceptors (Lipinski definition) is 6. The summed E-state index contributed by atoms with van der Waals surface area (Å²) in [6, 6.07) is 9.97. The monoisotopic (exact) mass is 442 g/mol. The first-order valence-electron chi connectivity index (χ1n) is 11.6. The molecule has 1 amide bonds. The number of benzene rings is 2. The highest BCUT2D eigenvalue weighted by atomic mass is 16.5. The molecule has 8 nitrogen and oxygen atoms in total. The fraction of sp³-hybridized carbons (Fsp3) is 0.360. The molecule has 1 aliphatic carbocycles. The number of aromatic nitrogens is 4. The number of carbonyl (C=O) groups is 1. The third-order valence-electron chi connectivity index (χ3n) is 6.49. The number of aryl methyl sites for hydroxylation is 1. The molecule has 4 aromatic rings. The maximum atomic E-state index is 13.0. The molecule has 33 heavy (non-hydrogen) atoms. The van der Waals surface area contributed by atoms with Crippen LogP contribution in [0.2, 0.25) is 0 Å². The van der Waals surface area contributed by atoms with Crippen LogP contribution < -0.4 is 10.6 Å². The van der Waals surface area contributed by atoms with Crippen LogP contribution in [0.5, 0.6) is 0 Å². The zero-order valence-electron chi connectivity index (χ0n) is 18.5. The van der Waals surface area contributed by atoms with E-state index in [4.69, 9.17) is 14.7 Å². The Morgan fingerprint density at radius 2 is 1.94 bits per heavy atom. The fourth-order valence-electron chi connectivity index (χ4n) is 4.44. The zero-order chi connectivity index (χ0) is 22.4. The summed E-state index contributed by atoms with van der Waals surface area (Å²) in [7, 11) is 0. The van der Waals surface area contributed by atoms with Crippen LogP contribution in [0.1, 0.15) is 43.0 Å². The zero-order valence-corrected chi connectivity index (χ0v) is 18.5. The Bertz CT molecular complexity index is 1350. The predicted octanol–water partition coefficient (Wildman–Crippen LogP) is 4.80. The van der Waals surface area contributed by atoms with Gasteiger partial charge in [-0.15, -0.1) is 0 Å². The van der Waals surface area contributed by atoms with Crippen LogP contribution in [0.25, 0.3) is 21.9 Å². The van der Waals surface area contributed by atoms with Crippen molar-refractivity contribution in [3.63, 3.8) is 0 Å². The SMILES string of the molecule is Cc1cccc2cnc(Nc3cc(NC(=O)C4CCOCC4)c4nc(C5CC5)[nH]c4c3)nc12. The van der Waals surface area contributed by atoms with Gasteiger partial charge in [0.15, 0.2) is 0 Å². The third kappa shape index (κ3) is 4.02. The van der Waals surface area contributed by atoms with Gasteiger partial charge in [0, 0.05) is 42.3 Å². The second-order valence-corrected chi connectivity index (χ2v) is 9.02. The summed E-state index contributed by atoms with van der Waals surface area (Å²) in [5, 5.41) is 7.46. The molecule has 1 saturated carbocycles. The molecule has 0 bridgehead atoms. The van der Waals surface area contributed by atoms with Gasteiger partial charge in [-0.2, -0.15) is 0 Å². The van der Waals surface area contributed by atoms with Crippen LogP contribution in [-0.2, 0) is 9.53 Å². The van der Waals surface area contributed by atoms with E-state index in [1.807, 2.05) is 43.5 Å². The summed E-state index contributed by atoms with van der Waals surface area (Å²) in [6.45, 7) is 3.29. The molecular weight excluding hydrogens is 416 g/mol. The van der Waals surface area contributed by atoms with E-state index >= 15 is 0 Å². The number of rotatable bonds is 5. The van der Waals surface area contributed by atoms with E-state index in [0.29, 0.717) is 30.8 Å². The molecule has 1 aliphatic heterocycles. The molecule has 3 N–H and O–H groups in total. The van der Waals surface area contributed by atoms with Crippen molar-refractivity contribution in [2.45, 2.75) is 38.5 Å². The molecule has 8 heteroatoms. The average Bonchev–Trinajstić information content (AvgIpc) is 3.59. The van der Waals surface area contributed by atoms with Gasteiger partial charge in [0.05, 0.1) is 16.7 Å². The maximum Gasteiger partial charge on any atom is 0.227 e. The van der Waals surface area contributed by atoms with Crippen molar-refractivity contribution in [1.29, 1.82) is 0 Å². The number of ether oxygens (including phenoxy) is 1. The Morgan fingerprint density at radius 1 is 1.09 bits per heavy atom. The maximum absolute atomic E-state index is 13.0. The van der Waals surface area contributed by atoms with Gasteiger partial charge in [-0.3, -0.25) is 4.79 Å². The van der Waals surface area contributed by atoms with E-state index in [0.717, 1.165) is 64.7 Å². The van der Waals surface area contributed by atoms with Gasteiger partial charge < -0.3 is 20.4 Å². The first-order valence-corrected chi connectivity index (χ1v) is 11.6. The van der Waals surface area contributed by atoms with E-state index < -0.39 is 0 Å². The van der Waals surface area contributed by atoms with Crippen molar-refractivity contribution in [2.24, 2.45) is 5.92 Å². The highest BCUT2D eigenvalue weighted by Gasteiger charge is 2.28. The van der Waals surface area contributed by atoms with Gasteiger partial charge in [-0.05, 0) is 50.3 Å². The number of hydrogen-bond donors (Lipinski definition) is 3. The molecule has 2 aliphatic rings. The number of para-hydroxylation sites is 1. The van der Waals surface area contributed by atoms with Crippen LogP contribution in [0.4, 0.5) is 17.3 Å². The smallest absolute Gasteiger partial charge is 0.227 e. The van der Waals surface area contributed by atoms with Crippen LogP contribution in [-0.4, -0.2) is 39.1 Å². The number of nitrogens with zero attached hydrogens (tertiary/aromatic N) is 3. The van der Waals surface area contributed by atoms with E-state index in [1.54, 1.807) is 0 Å². The second kappa shape index (κ2) is 8.12. The minimum Gasteiger partial charge on any atom is -0.381 e. The number of nitrogens with one attached hydrogen (secondary N) is 3. The lowest BCUT2D eigenvalue weighted by molar-refractivity contribution is -0.122. The quantitative estimate of drug-likeness (QED) is 0.410. The van der Waals surface area contributed by atoms with Gasteiger partial charge in [0.25, 0.3) is 0 Å². The normalized spacial score (nSPS) is 16.9. The van der Waals surface area contributed by atoms with Gasteiger partial charge in [-0.1, -0.05) is 18.2 Å². The summed E-state index contributed by atoms with van der Waals surface area (Å²) in [5.41, 5.74) is 5.19. The number of anilines is 3. The van der Waals surface area contributed by atoms with Crippen molar-refractivity contribution in [3.8, 4) is 0 Å². The topological polar surface area (TPSA) is 105 Å². The highest BCUT2D eigenvalue weighted by molar-refractivity contribution is 6.02. The number of amides is 1. The Labute approximate surface area is 191 Å². The Morgan fingerprint density at radius 3 is 2.76 bits per heavy atom. The lowest BCUT2D eigenvalue weighted by Crippen LogP contribution is -2.28. The number of aromatic amines is 1. The van der Waals surface area contributed by atoms with Crippen LogP contribution in [0, 0.1) is 12.8 Å². The molecule has 168 valence electrons. The standard InChI is InChI=1S/C25H26N6O2/c1-14-3-2-4-17-13-26-25(31-21(14)17)27-18-11-19-22(30-23(28-19)15-5-6-15)20(12-18)29-24(32)16-7-9-33-10-8-16/h2-4,11-13,15-16H,5-10H2,1H3,(H,28,30)(H,29,32)(H,26,27,31). The van der Waals surface area contributed by atoms with Gasteiger partial charge in [-0.25, -0.2) is 15.0 Å². The van der Waals surface area contributed by atoms with Crippen LogP contribution in [0.15, 0.2) is 36.5 Å². The Kier molecular flexibility index (Phi) is 4.95. The molecule has 0 spiro atoms. The fourth-order valence-corrected chi connectivity index (χ4v) is 4.44. The van der Waals surface area contributed by atoms with E-state index in [2.05, 4.69) is 20.6 Å². The second-order valence-electron chi connectivity index (χ2n) is 9.02. The van der Waals surface area contributed by atoms with Crippen molar-refractivity contribution in [3.05, 3.63) is 47.9 Å². The first kappa shape index (κ1) is 20.1. The van der Waals surface area contributed by atoms with Crippen molar-refractivity contribution in [1.82, 2.24) is 19.9 Å². The van der Waals surface area contributed by atoms with E-state index in [1.165, 1.54) is 0 Å². The summed E-state index contributed by atoms with van der Waals surface area (Å²) < 4.78 is 5.41. The minimum atomic E-state index is -0.0425. The number of fused-ring (bicyclic) bond motifs is 2. The molecule has 2 aromatic heterocycles. The third-order valence-corrected chi connectivity index (χ3v) is 6.49. The largest absolute Gasteiger partial charge is 0.381 e. The molecule has 3 heterocycles. The number of carbonyl (C=O) groups excluding carboxylic acids is 1. The van der Waals surface area contributed by atoms with Crippen LogP contribution >= 0.6 is 0 Å². The van der Waals surface area contributed by atoms with E-state index in [9.17, 15) is 4.79 Å². The highest BCUT2D eigenvalue weighted by Crippen LogP contribution is 2.40. The van der Waals surface area contributed by atoms with E-state index in [-0.39, 0.29) is 11.8 Å². The van der Waals surface area contributed by atoms with Gasteiger partial charge in [0.1, 0.15) is 11.3 Å².